The number of nitrogens with zero attached hydrogens (tertiary/aromatic N) is 5. The second-order valence-electron chi connectivity index (χ2n) is 6.08. The Kier molecular flexibility index (Phi) is 4.03. The summed E-state index contributed by atoms with van der Waals surface area (Å²) in [4.78, 5) is 20.1. The van der Waals surface area contributed by atoms with Crippen LogP contribution in [-0.4, -0.2) is 30.2 Å². The number of carbonyl (C=O) groups is 1. The van der Waals surface area contributed by atoms with E-state index in [9.17, 15) is 9.18 Å². The van der Waals surface area contributed by atoms with E-state index in [0.29, 0.717) is 28.5 Å². The fraction of sp³-hybridized carbons (Fsp3) is 0.111. The molecule has 3 N–H and O–H groups in total. The summed E-state index contributed by atoms with van der Waals surface area (Å²) in [6, 6.07) is 8.15. The second-order valence-corrected chi connectivity index (χ2v) is 6.08. The Hall–Kier alpha value is -3.75. The highest BCUT2D eigenvalue weighted by Crippen LogP contribution is 2.19. The van der Waals surface area contributed by atoms with Crippen molar-refractivity contribution in [3.05, 3.63) is 66.0 Å². The van der Waals surface area contributed by atoms with E-state index in [-0.39, 0.29) is 12.4 Å². The quantitative estimate of drug-likeness (QED) is 0.564. The maximum Gasteiger partial charge on any atom is 0.265 e. The van der Waals surface area contributed by atoms with E-state index in [0.717, 1.165) is 5.39 Å². The Labute approximate surface area is 153 Å². The number of nitrogens with two attached hydrogens (primary N) is 1. The van der Waals surface area contributed by atoms with Gasteiger partial charge in [-0.25, -0.2) is 14.1 Å². The summed E-state index contributed by atoms with van der Waals surface area (Å²) in [6.07, 6.45) is 4.98. The third-order valence-electron chi connectivity index (χ3n) is 4.17. The molecule has 27 heavy (non-hydrogen) atoms. The number of benzene rings is 1. The van der Waals surface area contributed by atoms with Crippen LogP contribution in [0.3, 0.4) is 0 Å². The number of primary amides is 1. The highest BCUT2D eigenvalue weighted by molar-refractivity contribution is 5.92. The number of amides is 1. The highest BCUT2D eigenvalue weighted by atomic mass is 19.1. The van der Waals surface area contributed by atoms with Gasteiger partial charge >= 0.3 is 0 Å². The van der Waals surface area contributed by atoms with Crippen molar-refractivity contribution >= 4 is 28.6 Å². The minimum Gasteiger partial charge on any atom is -0.364 e. The minimum absolute atomic E-state index is 0.254. The normalized spacial score (nSPS) is 11.0. The van der Waals surface area contributed by atoms with Gasteiger partial charge in [0, 0.05) is 25.0 Å². The Morgan fingerprint density at radius 3 is 2.85 bits per heavy atom. The van der Waals surface area contributed by atoms with Gasteiger partial charge in [0.1, 0.15) is 11.5 Å². The molecule has 0 aliphatic heterocycles. The third kappa shape index (κ3) is 3.22. The largest absolute Gasteiger partial charge is 0.364 e. The van der Waals surface area contributed by atoms with Crippen LogP contribution in [0.25, 0.3) is 11.0 Å². The molecule has 1 aromatic carbocycles. The average Bonchev–Trinajstić information content (AvgIpc) is 3.20. The summed E-state index contributed by atoms with van der Waals surface area (Å²) in [5.74, 6) is -0.485. The zero-order chi connectivity index (χ0) is 19.0. The Balaban J connectivity index is 1.65. The van der Waals surface area contributed by atoms with Crippen LogP contribution in [0.5, 0.6) is 0 Å². The molecule has 8 nitrogen and oxygen atoms in total. The summed E-state index contributed by atoms with van der Waals surface area (Å²) < 4.78 is 17.2. The van der Waals surface area contributed by atoms with Crippen molar-refractivity contribution in [3.8, 4) is 0 Å². The van der Waals surface area contributed by atoms with E-state index in [1.807, 2.05) is 0 Å². The van der Waals surface area contributed by atoms with Crippen LogP contribution in [0, 0.1) is 5.82 Å². The third-order valence-corrected chi connectivity index (χ3v) is 4.17. The SMILES string of the molecule is Cn1cc(Nc2ncc3cnn(Cc4ccccc4F)c3n2)cc1C(N)=O. The predicted molar refractivity (Wildman–Crippen MR) is 98.0 cm³/mol. The number of carbonyl (C=O) groups excluding carboxylic acids is 1. The van der Waals surface area contributed by atoms with Gasteiger partial charge in [-0.2, -0.15) is 10.1 Å². The molecule has 0 atom stereocenters. The molecule has 0 bridgehead atoms. The number of aryl methyl sites for hydroxylation is 1. The van der Waals surface area contributed by atoms with Crippen molar-refractivity contribution in [2.45, 2.75) is 6.54 Å². The molecule has 4 rings (SSSR count). The fourth-order valence-corrected chi connectivity index (χ4v) is 2.84. The second kappa shape index (κ2) is 6.52. The number of halogens is 1. The zero-order valence-electron chi connectivity index (χ0n) is 14.4. The summed E-state index contributed by atoms with van der Waals surface area (Å²) in [5, 5.41) is 8.05. The first-order valence-electron chi connectivity index (χ1n) is 8.16. The minimum atomic E-state index is -0.523. The Bertz CT molecular complexity index is 1150. The molecule has 0 saturated carbocycles. The van der Waals surface area contributed by atoms with E-state index >= 15 is 0 Å². The maximum absolute atomic E-state index is 13.9. The number of nitrogens with one attached hydrogen (secondary N) is 1. The molecule has 9 heteroatoms. The predicted octanol–water partition coefficient (Wildman–Crippen LogP) is 2.19. The van der Waals surface area contributed by atoms with Gasteiger partial charge in [0.2, 0.25) is 5.95 Å². The maximum atomic E-state index is 13.9. The van der Waals surface area contributed by atoms with E-state index < -0.39 is 5.91 Å². The van der Waals surface area contributed by atoms with E-state index in [4.69, 9.17) is 5.73 Å². The van der Waals surface area contributed by atoms with Gasteiger partial charge in [0.15, 0.2) is 5.65 Å². The van der Waals surface area contributed by atoms with Gasteiger partial charge in [0.25, 0.3) is 5.91 Å². The number of rotatable bonds is 5. The molecule has 3 aromatic heterocycles. The molecule has 0 fully saturated rings. The van der Waals surface area contributed by atoms with Crippen LogP contribution < -0.4 is 11.1 Å². The Morgan fingerprint density at radius 1 is 1.30 bits per heavy atom. The molecule has 0 radical (unpaired) electrons. The van der Waals surface area contributed by atoms with E-state index in [1.54, 1.807) is 59.2 Å². The standard InChI is InChI=1S/C18H16FN7O/c1-25-10-13(6-15(25)16(20)27)23-18-21-7-12-8-22-26(17(12)24-18)9-11-4-2-3-5-14(11)19/h2-8,10H,9H2,1H3,(H2,20,27)(H,21,23,24). The number of hydrogen-bond donors (Lipinski definition) is 2. The van der Waals surface area contributed by atoms with Gasteiger partial charge < -0.3 is 15.6 Å². The molecule has 0 spiro atoms. The van der Waals surface area contributed by atoms with Crippen molar-refractivity contribution < 1.29 is 9.18 Å². The molecule has 4 aromatic rings. The lowest BCUT2D eigenvalue weighted by Crippen LogP contribution is -2.14. The summed E-state index contributed by atoms with van der Waals surface area (Å²) in [5.41, 5.74) is 7.41. The summed E-state index contributed by atoms with van der Waals surface area (Å²) in [6.45, 7) is 0.254. The van der Waals surface area contributed by atoms with Crippen molar-refractivity contribution in [2.24, 2.45) is 12.8 Å². The molecule has 136 valence electrons. The fourth-order valence-electron chi connectivity index (χ4n) is 2.84. The number of fused-ring (bicyclic) bond motifs is 1. The topological polar surface area (TPSA) is 104 Å². The van der Waals surface area contributed by atoms with E-state index in [1.165, 1.54) is 6.07 Å². The van der Waals surface area contributed by atoms with Gasteiger partial charge in [-0.3, -0.25) is 4.79 Å². The molecule has 1 amide bonds. The van der Waals surface area contributed by atoms with Crippen LogP contribution in [0.1, 0.15) is 16.1 Å². The lowest BCUT2D eigenvalue weighted by molar-refractivity contribution is 0.0992. The lowest BCUT2D eigenvalue weighted by atomic mass is 10.2. The molecule has 0 saturated heterocycles. The van der Waals surface area contributed by atoms with Gasteiger partial charge in [-0.05, 0) is 12.1 Å². The van der Waals surface area contributed by atoms with Crippen molar-refractivity contribution in [1.29, 1.82) is 0 Å². The van der Waals surface area contributed by atoms with Crippen molar-refractivity contribution in [1.82, 2.24) is 24.3 Å². The van der Waals surface area contributed by atoms with Crippen LogP contribution in [0.15, 0.2) is 48.9 Å². The number of hydrogen-bond acceptors (Lipinski definition) is 5. The van der Waals surface area contributed by atoms with Gasteiger partial charge in [0.05, 0.1) is 23.8 Å². The van der Waals surface area contributed by atoms with Gasteiger partial charge in [-0.1, -0.05) is 18.2 Å². The number of aromatic nitrogens is 5. The molecule has 3 heterocycles. The number of anilines is 2. The summed E-state index contributed by atoms with van der Waals surface area (Å²) >= 11 is 0. The van der Waals surface area contributed by atoms with Crippen LogP contribution in [0.2, 0.25) is 0 Å². The Morgan fingerprint density at radius 2 is 2.11 bits per heavy atom. The van der Waals surface area contributed by atoms with Gasteiger partial charge in [-0.15, -0.1) is 0 Å². The molecule has 0 aliphatic carbocycles. The first kappa shape index (κ1) is 16.7. The molecule has 0 unspecified atom stereocenters. The monoisotopic (exact) mass is 365 g/mol. The molecule has 0 aliphatic rings. The van der Waals surface area contributed by atoms with Crippen LogP contribution in [0.4, 0.5) is 16.0 Å². The summed E-state index contributed by atoms with van der Waals surface area (Å²) in [7, 11) is 1.72. The highest BCUT2D eigenvalue weighted by Gasteiger charge is 2.12. The lowest BCUT2D eigenvalue weighted by Gasteiger charge is -2.06. The smallest absolute Gasteiger partial charge is 0.265 e. The average molecular weight is 365 g/mol. The van der Waals surface area contributed by atoms with Crippen molar-refractivity contribution in [2.75, 3.05) is 5.32 Å². The first-order valence-corrected chi connectivity index (χ1v) is 8.16. The van der Waals surface area contributed by atoms with Crippen molar-refractivity contribution in [3.63, 3.8) is 0 Å². The zero-order valence-corrected chi connectivity index (χ0v) is 14.4. The molecular weight excluding hydrogens is 349 g/mol. The van der Waals surface area contributed by atoms with Crippen LogP contribution >= 0.6 is 0 Å². The van der Waals surface area contributed by atoms with Crippen LogP contribution in [-0.2, 0) is 13.6 Å². The first-order chi connectivity index (χ1) is 13.0. The molecular formula is C18H16FN7O. The van der Waals surface area contributed by atoms with E-state index in [2.05, 4.69) is 20.4 Å².